The molecule has 0 amide bonds. The summed E-state index contributed by atoms with van der Waals surface area (Å²) in [6.45, 7) is 0.509. The van der Waals surface area contributed by atoms with Crippen LogP contribution in [0.15, 0.2) is 36.4 Å². The standard InChI is InChI=1S/C14H14O3S/c1-18-9-8-17-13-11-5-3-2-4-10(11)6-7-12(13)14(15)16/h2-7H,8-9H2,1H3,(H,15,16). The van der Waals surface area contributed by atoms with Gasteiger partial charge in [-0.3, -0.25) is 0 Å². The summed E-state index contributed by atoms with van der Waals surface area (Å²) in [4.78, 5) is 11.2. The van der Waals surface area contributed by atoms with Crippen LogP contribution in [-0.4, -0.2) is 29.7 Å². The second-order valence-electron chi connectivity index (χ2n) is 3.81. The summed E-state index contributed by atoms with van der Waals surface area (Å²) in [5, 5.41) is 11.0. The number of hydrogen-bond donors (Lipinski definition) is 1. The third kappa shape index (κ3) is 2.59. The summed E-state index contributed by atoms with van der Waals surface area (Å²) in [6.07, 6.45) is 1.99. The van der Waals surface area contributed by atoms with Crippen LogP contribution < -0.4 is 4.74 Å². The number of carboxylic acids is 1. The molecule has 0 bridgehead atoms. The number of carboxylic acid groups (broad SMARTS) is 1. The van der Waals surface area contributed by atoms with Crippen LogP contribution in [0.3, 0.4) is 0 Å². The molecule has 0 aliphatic heterocycles. The zero-order chi connectivity index (χ0) is 13.0. The molecule has 1 N–H and O–H groups in total. The van der Waals surface area contributed by atoms with Crippen molar-refractivity contribution in [1.82, 2.24) is 0 Å². The van der Waals surface area contributed by atoms with E-state index in [2.05, 4.69) is 0 Å². The van der Waals surface area contributed by atoms with Crippen LogP contribution >= 0.6 is 11.8 Å². The van der Waals surface area contributed by atoms with E-state index >= 15 is 0 Å². The van der Waals surface area contributed by atoms with Gasteiger partial charge in [0.05, 0.1) is 6.61 Å². The quantitative estimate of drug-likeness (QED) is 0.840. The summed E-state index contributed by atoms with van der Waals surface area (Å²) in [5.41, 5.74) is 0.217. The molecule has 2 aromatic carbocycles. The van der Waals surface area contributed by atoms with E-state index in [9.17, 15) is 9.90 Å². The SMILES string of the molecule is CSCCOc1c(C(=O)O)ccc2ccccc12. The Labute approximate surface area is 110 Å². The first-order chi connectivity index (χ1) is 8.74. The molecular formula is C14H14O3S. The topological polar surface area (TPSA) is 46.5 Å². The van der Waals surface area contributed by atoms with Gasteiger partial charge in [0, 0.05) is 11.1 Å². The van der Waals surface area contributed by atoms with Crippen molar-refractivity contribution in [2.24, 2.45) is 0 Å². The number of thioether (sulfide) groups is 1. The molecule has 2 aromatic rings. The summed E-state index contributed by atoms with van der Waals surface area (Å²) < 4.78 is 5.65. The molecule has 18 heavy (non-hydrogen) atoms. The van der Waals surface area contributed by atoms with Gasteiger partial charge in [-0.1, -0.05) is 30.3 Å². The van der Waals surface area contributed by atoms with Crippen molar-refractivity contribution in [3.8, 4) is 5.75 Å². The second-order valence-corrected chi connectivity index (χ2v) is 4.80. The molecule has 0 aromatic heterocycles. The van der Waals surface area contributed by atoms with Crippen molar-refractivity contribution in [2.45, 2.75) is 0 Å². The van der Waals surface area contributed by atoms with Gasteiger partial charge in [0.2, 0.25) is 0 Å². The van der Waals surface area contributed by atoms with Crippen molar-refractivity contribution in [1.29, 1.82) is 0 Å². The first kappa shape index (κ1) is 12.8. The van der Waals surface area contributed by atoms with Crippen molar-refractivity contribution >= 4 is 28.5 Å². The first-order valence-corrected chi connectivity index (χ1v) is 7.00. The third-order valence-electron chi connectivity index (χ3n) is 2.64. The van der Waals surface area contributed by atoms with Crippen LogP contribution in [0, 0.1) is 0 Å². The largest absolute Gasteiger partial charge is 0.491 e. The van der Waals surface area contributed by atoms with Crippen LogP contribution in [0.5, 0.6) is 5.75 Å². The monoisotopic (exact) mass is 262 g/mol. The van der Waals surface area contributed by atoms with Crippen molar-refractivity contribution in [3.63, 3.8) is 0 Å². The molecule has 0 aliphatic rings. The number of hydrogen-bond acceptors (Lipinski definition) is 3. The van der Waals surface area contributed by atoms with Gasteiger partial charge < -0.3 is 9.84 Å². The minimum absolute atomic E-state index is 0.217. The summed E-state index contributed by atoms with van der Waals surface area (Å²) in [7, 11) is 0. The molecule has 0 fully saturated rings. The molecule has 0 radical (unpaired) electrons. The highest BCUT2D eigenvalue weighted by atomic mass is 32.2. The summed E-state index contributed by atoms with van der Waals surface area (Å²) >= 11 is 1.67. The molecule has 0 aliphatic carbocycles. The fourth-order valence-corrected chi connectivity index (χ4v) is 2.04. The van der Waals surface area contributed by atoms with Gasteiger partial charge in [0.15, 0.2) is 0 Å². The van der Waals surface area contributed by atoms with Gasteiger partial charge in [0.25, 0.3) is 0 Å². The lowest BCUT2D eigenvalue weighted by atomic mass is 10.1. The minimum Gasteiger partial charge on any atom is -0.491 e. The van der Waals surface area contributed by atoms with Gasteiger partial charge >= 0.3 is 5.97 Å². The third-order valence-corrected chi connectivity index (χ3v) is 3.22. The molecule has 0 saturated carbocycles. The zero-order valence-electron chi connectivity index (χ0n) is 10.1. The average Bonchev–Trinajstić information content (AvgIpc) is 2.38. The molecule has 2 rings (SSSR count). The van der Waals surface area contributed by atoms with E-state index in [1.54, 1.807) is 23.9 Å². The van der Waals surface area contributed by atoms with Gasteiger partial charge in [-0.15, -0.1) is 0 Å². The van der Waals surface area contributed by atoms with E-state index in [-0.39, 0.29) is 5.56 Å². The Kier molecular flexibility index (Phi) is 4.10. The first-order valence-electron chi connectivity index (χ1n) is 5.61. The van der Waals surface area contributed by atoms with Crippen molar-refractivity contribution < 1.29 is 14.6 Å². The van der Waals surface area contributed by atoms with Gasteiger partial charge in [-0.05, 0) is 17.7 Å². The van der Waals surface area contributed by atoms with Crippen LogP contribution in [0.25, 0.3) is 10.8 Å². The minimum atomic E-state index is -0.958. The van der Waals surface area contributed by atoms with E-state index in [0.29, 0.717) is 12.4 Å². The molecule has 0 atom stereocenters. The predicted molar refractivity (Wildman–Crippen MR) is 74.8 cm³/mol. The second kappa shape index (κ2) is 5.78. The average molecular weight is 262 g/mol. The maximum Gasteiger partial charge on any atom is 0.339 e. The number of ether oxygens (including phenoxy) is 1. The van der Waals surface area contributed by atoms with Crippen molar-refractivity contribution in [2.75, 3.05) is 18.6 Å². The molecule has 0 saturated heterocycles. The summed E-state index contributed by atoms with van der Waals surface area (Å²) in [6, 6.07) is 11.0. The van der Waals surface area contributed by atoms with Gasteiger partial charge in [-0.2, -0.15) is 11.8 Å². The van der Waals surface area contributed by atoms with Crippen LogP contribution in [-0.2, 0) is 0 Å². The van der Waals surface area contributed by atoms with Crippen LogP contribution in [0.1, 0.15) is 10.4 Å². The lowest BCUT2D eigenvalue weighted by Crippen LogP contribution is -2.06. The fourth-order valence-electron chi connectivity index (χ4n) is 1.79. The van der Waals surface area contributed by atoms with Gasteiger partial charge in [0.1, 0.15) is 11.3 Å². The molecule has 94 valence electrons. The van der Waals surface area contributed by atoms with Crippen LogP contribution in [0.4, 0.5) is 0 Å². The molecule has 0 unspecified atom stereocenters. The normalized spacial score (nSPS) is 10.5. The lowest BCUT2D eigenvalue weighted by Gasteiger charge is -2.11. The van der Waals surface area contributed by atoms with Crippen molar-refractivity contribution in [3.05, 3.63) is 42.0 Å². The van der Waals surface area contributed by atoms with E-state index < -0.39 is 5.97 Å². The molecule has 3 nitrogen and oxygen atoms in total. The Morgan fingerprint density at radius 1 is 1.28 bits per heavy atom. The zero-order valence-corrected chi connectivity index (χ0v) is 10.9. The lowest BCUT2D eigenvalue weighted by molar-refractivity contribution is 0.0693. The Balaban J connectivity index is 2.48. The van der Waals surface area contributed by atoms with E-state index in [4.69, 9.17) is 4.74 Å². The number of benzene rings is 2. The fraction of sp³-hybridized carbons (Fsp3) is 0.214. The molecule has 0 spiro atoms. The van der Waals surface area contributed by atoms with E-state index in [1.807, 2.05) is 30.5 Å². The predicted octanol–water partition coefficient (Wildman–Crippen LogP) is 3.28. The van der Waals surface area contributed by atoms with Gasteiger partial charge in [-0.25, -0.2) is 4.79 Å². The Morgan fingerprint density at radius 3 is 2.78 bits per heavy atom. The van der Waals surface area contributed by atoms with Crippen LogP contribution in [0.2, 0.25) is 0 Å². The number of aromatic carboxylic acids is 1. The number of rotatable bonds is 5. The Morgan fingerprint density at radius 2 is 2.06 bits per heavy atom. The Bertz CT molecular complexity index is 566. The molecule has 0 heterocycles. The Hall–Kier alpha value is -1.68. The smallest absolute Gasteiger partial charge is 0.339 e. The number of fused-ring (bicyclic) bond motifs is 1. The van der Waals surface area contributed by atoms with E-state index in [1.165, 1.54) is 0 Å². The maximum absolute atomic E-state index is 11.2. The molecule has 4 heteroatoms. The maximum atomic E-state index is 11.2. The van der Waals surface area contributed by atoms with E-state index in [0.717, 1.165) is 16.5 Å². The highest BCUT2D eigenvalue weighted by Gasteiger charge is 2.14. The highest BCUT2D eigenvalue weighted by Crippen LogP contribution is 2.30. The number of carbonyl (C=O) groups is 1. The summed E-state index contributed by atoms with van der Waals surface area (Å²) in [5.74, 6) is 0.344. The molecular weight excluding hydrogens is 248 g/mol. The highest BCUT2D eigenvalue weighted by molar-refractivity contribution is 7.98.